The van der Waals surface area contributed by atoms with Gasteiger partial charge in [0.1, 0.15) is 11.3 Å². The summed E-state index contributed by atoms with van der Waals surface area (Å²) in [6.07, 6.45) is 4.78. The summed E-state index contributed by atoms with van der Waals surface area (Å²) in [7, 11) is -4.55. The van der Waals surface area contributed by atoms with Gasteiger partial charge in [-0.3, -0.25) is 4.79 Å². The number of rotatable bonds is 13. The van der Waals surface area contributed by atoms with Crippen molar-refractivity contribution in [2.45, 2.75) is 65.5 Å². The summed E-state index contributed by atoms with van der Waals surface area (Å²) >= 11 is 0. The molecule has 5 rings (SSSR count). The van der Waals surface area contributed by atoms with E-state index in [4.69, 9.17) is 0 Å². The smallest absolute Gasteiger partial charge is 0.455 e. The van der Waals surface area contributed by atoms with Crippen molar-refractivity contribution in [1.29, 1.82) is 0 Å². The summed E-state index contributed by atoms with van der Waals surface area (Å²) in [6, 6.07) is 34.6. The molecule has 5 aromatic rings. The first-order valence-corrected chi connectivity index (χ1v) is 21.5. The fraction of sp³-hybridized carbons (Fsp3) is 0.317. The van der Waals surface area contributed by atoms with Gasteiger partial charge in [-0.05, 0) is 31.4 Å². The third kappa shape index (κ3) is 13.3. The molecule has 0 saturated carbocycles. The summed E-state index contributed by atoms with van der Waals surface area (Å²) in [6.45, 7) is 6.55. The minimum Gasteiger partial charge on any atom is -0.506 e. The van der Waals surface area contributed by atoms with Gasteiger partial charge in [0.25, 0.3) is 5.78 Å². The Balaban J connectivity index is 0.000000278. The van der Waals surface area contributed by atoms with Gasteiger partial charge in [-0.25, -0.2) is 4.79 Å². The van der Waals surface area contributed by atoms with Crippen LogP contribution in [0, 0.1) is 49.4 Å². The van der Waals surface area contributed by atoms with E-state index in [1.807, 2.05) is 91.0 Å². The Bertz CT molecular complexity index is 1870. The van der Waals surface area contributed by atoms with Crippen molar-refractivity contribution in [3.8, 4) is 5.75 Å². The van der Waals surface area contributed by atoms with Crippen LogP contribution in [0.5, 0.6) is 5.75 Å². The molecule has 0 saturated heterocycles. The predicted octanol–water partition coefficient (Wildman–Crippen LogP) is 10.3. The molecule has 1 aromatic heterocycles. The van der Waals surface area contributed by atoms with Gasteiger partial charge in [-0.1, -0.05) is 143 Å². The van der Waals surface area contributed by atoms with Crippen LogP contribution in [-0.2, 0) is 9.13 Å². The molecule has 12 heteroatoms. The number of alkyl halides is 3. The van der Waals surface area contributed by atoms with E-state index in [9.17, 15) is 37.0 Å². The molecule has 0 spiro atoms. The molecule has 1 N–H and O–H groups in total. The van der Waals surface area contributed by atoms with Gasteiger partial charge in [0.05, 0.1) is 12.5 Å². The van der Waals surface area contributed by atoms with Crippen molar-refractivity contribution >= 4 is 46.9 Å². The first-order chi connectivity index (χ1) is 24.8. The van der Waals surface area contributed by atoms with Gasteiger partial charge in [0.2, 0.25) is 0 Å². The van der Waals surface area contributed by atoms with E-state index < -0.39 is 43.2 Å². The van der Waals surface area contributed by atoms with E-state index in [2.05, 4.69) is 25.2 Å². The van der Waals surface area contributed by atoms with Gasteiger partial charge in [-0.15, -0.1) is 0 Å². The van der Waals surface area contributed by atoms with Crippen LogP contribution in [0.25, 0.3) is 11.0 Å². The molecule has 0 aliphatic heterocycles. The van der Waals surface area contributed by atoms with Crippen LogP contribution < -0.4 is 21.5 Å². The number of hydrogen-bond acceptors (Lipinski definition) is 6. The number of halogens is 3. The minimum atomic E-state index is -5.26. The summed E-state index contributed by atoms with van der Waals surface area (Å²) in [5, 5.41) is 12.1. The average molecular weight is 907 g/mol. The molecule has 285 valence electrons. The van der Waals surface area contributed by atoms with Crippen molar-refractivity contribution in [3.05, 3.63) is 131 Å². The van der Waals surface area contributed by atoms with Crippen molar-refractivity contribution in [2.24, 2.45) is 0 Å². The fourth-order valence-corrected chi connectivity index (χ4v) is 11.5. The maximum atomic E-state index is 13.8. The van der Waals surface area contributed by atoms with E-state index in [0.29, 0.717) is 0 Å². The minimum absolute atomic E-state index is 0. The third-order valence-electron chi connectivity index (χ3n) is 8.39. The molecular weight excluding hydrogens is 859 g/mol. The second-order valence-electron chi connectivity index (χ2n) is 12.3. The number of benzene rings is 4. The van der Waals surface area contributed by atoms with E-state index in [1.54, 1.807) is 0 Å². The Hall–Kier alpha value is -2.61. The van der Waals surface area contributed by atoms with E-state index in [0.717, 1.165) is 53.7 Å². The van der Waals surface area contributed by atoms with Crippen LogP contribution in [0.2, 0.25) is 0 Å². The molecule has 0 amide bonds. The molecule has 0 fully saturated rings. The fourth-order valence-electron chi connectivity index (χ4n) is 5.51. The molecular formula is C41H47EuF3O6P2. The van der Waals surface area contributed by atoms with Crippen LogP contribution in [0.1, 0.15) is 69.7 Å². The predicted molar refractivity (Wildman–Crippen MR) is 207 cm³/mol. The maximum Gasteiger partial charge on any atom is 0.455 e. The van der Waals surface area contributed by atoms with Crippen molar-refractivity contribution in [1.82, 2.24) is 0 Å². The zero-order valence-corrected chi connectivity index (χ0v) is 34.4. The molecule has 6 nitrogen and oxygen atoms in total. The second-order valence-corrected chi connectivity index (χ2v) is 18.6. The van der Waals surface area contributed by atoms with Gasteiger partial charge in [0, 0.05) is 83.8 Å². The summed E-state index contributed by atoms with van der Waals surface area (Å²) in [5.41, 5.74) is -3.02. The van der Waals surface area contributed by atoms with Crippen LogP contribution >= 0.6 is 14.3 Å². The largest absolute Gasteiger partial charge is 0.506 e. The molecule has 0 aliphatic rings. The Morgan fingerprint density at radius 2 is 1.00 bits per heavy atom. The van der Waals surface area contributed by atoms with Crippen molar-refractivity contribution in [2.75, 3.05) is 18.5 Å². The average Bonchev–Trinajstić information content (AvgIpc) is 3.16. The van der Waals surface area contributed by atoms with Crippen LogP contribution in [0.3, 0.4) is 0 Å². The van der Waals surface area contributed by atoms with E-state index >= 15 is 0 Å². The molecule has 1 heterocycles. The molecule has 0 unspecified atom stereocenters. The number of ketones is 1. The number of hydrogen-bond donors (Lipinski definition) is 1. The Kier molecular flexibility index (Phi) is 19.9. The first-order valence-electron chi connectivity index (χ1n) is 17.5. The van der Waals surface area contributed by atoms with Crippen molar-refractivity contribution < 1.29 is 86.0 Å². The zero-order chi connectivity index (χ0) is 38.2. The van der Waals surface area contributed by atoms with Gasteiger partial charge >= 0.3 is 11.8 Å². The Labute approximate surface area is 350 Å². The molecule has 0 aliphatic carbocycles. The number of carbonyl (C=O) groups is 1. The van der Waals surface area contributed by atoms with Crippen LogP contribution in [-0.4, -0.2) is 35.6 Å². The molecule has 0 bridgehead atoms. The monoisotopic (exact) mass is 907 g/mol. The second kappa shape index (κ2) is 22.7. The van der Waals surface area contributed by atoms with Crippen LogP contribution in [0.4, 0.5) is 13.2 Å². The number of para-hydroxylation sites is 1. The quantitative estimate of drug-likeness (QED) is 0.0718. The van der Waals surface area contributed by atoms with Crippen molar-refractivity contribution in [3.63, 3.8) is 0 Å². The third-order valence-corrected chi connectivity index (χ3v) is 14.9. The number of unbranched alkanes of at least 4 members (excludes halogenated alkanes) is 3. The molecule has 0 atom stereocenters. The number of Topliss-reactive ketones (excluding diaryl/α,β-unsaturated/α-hetero) is 1. The maximum absolute atomic E-state index is 13.8. The Morgan fingerprint density at radius 3 is 1.36 bits per heavy atom. The SMILES string of the molecule is CCCCP(=O)(CCCC)CCCC.O=C(c1c(O)c2ccccc2oc1=O)C(F)(F)F.O=P(c1ccccc1)(c1ccccc1)c1ccccc1.[Eu]. The summed E-state index contributed by atoms with van der Waals surface area (Å²) < 4.78 is 67.6. The number of aromatic hydroxyl groups is 1. The van der Waals surface area contributed by atoms with Gasteiger partial charge in [-0.2, -0.15) is 13.2 Å². The molecule has 4 aromatic carbocycles. The molecule has 1 radical (unpaired) electrons. The van der Waals surface area contributed by atoms with E-state index in [1.165, 1.54) is 43.5 Å². The standard InChI is InChI=1S/C18H15OP.C12H27OP.C11H5F3O4.Eu/c19-20(16-10-4-1-5-11-16,17-12-6-2-7-13-17)18-14-8-3-9-15-18;1-4-7-10-14(13,11-8-5-2)12-9-6-3;12-11(13,14)9(16)7-8(15)5-3-1-2-4-6(5)18-10(7)17;/h1-15H;4-12H2,1-3H3;1-4,15H;. The first kappa shape index (κ1) is 46.5. The number of carbonyl (C=O) groups excluding carboxylic acids is 1. The van der Waals surface area contributed by atoms with E-state index in [-0.39, 0.29) is 60.3 Å². The molecule has 53 heavy (non-hydrogen) atoms. The summed E-state index contributed by atoms with van der Waals surface area (Å²) in [4.78, 5) is 22.3. The van der Waals surface area contributed by atoms with Gasteiger partial charge in [0.15, 0.2) is 12.7 Å². The zero-order valence-electron chi connectivity index (χ0n) is 30.2. The topological polar surface area (TPSA) is 102 Å². The van der Waals surface area contributed by atoms with Crippen LogP contribution in [0.15, 0.2) is 124 Å². The normalized spacial score (nSPS) is 11.4. The Morgan fingerprint density at radius 1 is 0.642 bits per heavy atom. The van der Waals surface area contributed by atoms with Gasteiger partial charge < -0.3 is 18.7 Å². The number of fused-ring (bicyclic) bond motifs is 1. The summed E-state index contributed by atoms with van der Waals surface area (Å²) in [5.74, 6) is -3.45.